The number of halogens is 2. The first-order valence-electron chi connectivity index (χ1n) is 8.67. The molecule has 9 nitrogen and oxygen atoms in total. The lowest BCUT2D eigenvalue weighted by atomic mass is 10.2. The van der Waals surface area contributed by atoms with Crippen LogP contribution in [0.3, 0.4) is 0 Å². The third kappa shape index (κ3) is 3.37. The van der Waals surface area contributed by atoms with Crippen molar-refractivity contribution in [2.75, 3.05) is 0 Å². The topological polar surface area (TPSA) is 105 Å². The summed E-state index contributed by atoms with van der Waals surface area (Å²) in [6.07, 6.45) is 1.31. The van der Waals surface area contributed by atoms with Crippen molar-refractivity contribution in [1.82, 2.24) is 34.7 Å². The fraction of sp³-hybridized carbons (Fsp3) is 0.111. The average Bonchev–Trinajstić information content (AvgIpc) is 3.44. The molecule has 0 aliphatic heterocycles. The van der Waals surface area contributed by atoms with Crippen molar-refractivity contribution in [3.8, 4) is 10.7 Å². The average molecular weight is 427 g/mol. The summed E-state index contributed by atoms with van der Waals surface area (Å²) >= 11 is 1.47. The number of aromatic nitrogens is 7. The van der Waals surface area contributed by atoms with Crippen LogP contribution >= 0.6 is 11.3 Å². The van der Waals surface area contributed by atoms with Crippen LogP contribution in [0.25, 0.3) is 21.9 Å². The van der Waals surface area contributed by atoms with Gasteiger partial charge in [0.25, 0.3) is 5.56 Å². The zero-order chi connectivity index (χ0) is 20.7. The number of benzene rings is 1. The number of fused-ring (bicyclic) bond motifs is 1. The first kappa shape index (κ1) is 18.2. The van der Waals surface area contributed by atoms with E-state index in [0.29, 0.717) is 11.4 Å². The Bertz CT molecular complexity index is 1390. The summed E-state index contributed by atoms with van der Waals surface area (Å²) in [5.41, 5.74) is 0.0999. The maximum absolute atomic E-state index is 13.4. The van der Waals surface area contributed by atoms with E-state index in [1.54, 1.807) is 0 Å². The van der Waals surface area contributed by atoms with Crippen molar-refractivity contribution in [3.05, 3.63) is 75.5 Å². The predicted molar refractivity (Wildman–Crippen MR) is 102 cm³/mol. The fourth-order valence-corrected chi connectivity index (χ4v) is 3.60. The van der Waals surface area contributed by atoms with E-state index in [1.165, 1.54) is 39.0 Å². The van der Waals surface area contributed by atoms with Gasteiger partial charge in [0.1, 0.15) is 24.5 Å². The summed E-state index contributed by atoms with van der Waals surface area (Å²) in [4.78, 5) is 22.1. The van der Waals surface area contributed by atoms with Gasteiger partial charge in [-0.3, -0.25) is 9.36 Å². The minimum Gasteiger partial charge on any atom is -0.337 e. The first-order chi connectivity index (χ1) is 14.6. The molecule has 0 saturated carbocycles. The molecule has 4 heterocycles. The molecule has 0 unspecified atom stereocenters. The summed E-state index contributed by atoms with van der Waals surface area (Å²) < 4.78 is 34.6. The molecular formula is C18H11F2N7O2S. The fourth-order valence-electron chi connectivity index (χ4n) is 2.95. The van der Waals surface area contributed by atoms with E-state index in [1.807, 2.05) is 17.5 Å². The molecule has 30 heavy (non-hydrogen) atoms. The number of hydrogen-bond acceptors (Lipinski definition) is 8. The highest BCUT2D eigenvalue weighted by molar-refractivity contribution is 7.13. The van der Waals surface area contributed by atoms with Crippen LogP contribution in [0.15, 0.2) is 51.4 Å². The molecular weight excluding hydrogens is 416 g/mol. The van der Waals surface area contributed by atoms with E-state index < -0.39 is 17.2 Å². The van der Waals surface area contributed by atoms with Crippen LogP contribution < -0.4 is 5.56 Å². The third-order valence-corrected chi connectivity index (χ3v) is 5.13. The normalized spacial score (nSPS) is 11.4. The smallest absolute Gasteiger partial charge is 0.283 e. The van der Waals surface area contributed by atoms with Gasteiger partial charge in [0, 0.05) is 6.07 Å². The molecule has 0 amide bonds. The van der Waals surface area contributed by atoms with E-state index >= 15 is 0 Å². The highest BCUT2D eigenvalue weighted by atomic mass is 32.1. The van der Waals surface area contributed by atoms with Crippen molar-refractivity contribution >= 4 is 22.5 Å². The second-order valence-electron chi connectivity index (χ2n) is 6.36. The SMILES string of the molecule is O=c1c2nnn(Cc3cc(F)cc(F)c3)c2ncn1Cc1nc(-c2cccs2)no1. The largest absolute Gasteiger partial charge is 0.337 e. The van der Waals surface area contributed by atoms with Gasteiger partial charge in [-0.1, -0.05) is 16.4 Å². The highest BCUT2D eigenvalue weighted by Gasteiger charge is 2.16. The van der Waals surface area contributed by atoms with Crippen molar-refractivity contribution in [3.63, 3.8) is 0 Å². The molecule has 150 valence electrons. The van der Waals surface area contributed by atoms with Gasteiger partial charge in [0.2, 0.25) is 11.7 Å². The number of nitrogens with zero attached hydrogens (tertiary/aromatic N) is 7. The van der Waals surface area contributed by atoms with Gasteiger partial charge in [0.05, 0.1) is 11.4 Å². The van der Waals surface area contributed by atoms with Crippen LogP contribution in [0, 0.1) is 11.6 Å². The van der Waals surface area contributed by atoms with Crippen LogP contribution in [0.1, 0.15) is 11.5 Å². The minimum absolute atomic E-state index is 0.00939. The van der Waals surface area contributed by atoms with Crippen LogP contribution in [0.4, 0.5) is 8.78 Å². The van der Waals surface area contributed by atoms with Gasteiger partial charge in [-0.2, -0.15) is 4.98 Å². The zero-order valence-electron chi connectivity index (χ0n) is 15.1. The molecule has 5 rings (SSSR count). The van der Waals surface area contributed by atoms with Crippen molar-refractivity contribution < 1.29 is 13.3 Å². The molecule has 0 fully saturated rings. The Morgan fingerprint density at radius 2 is 1.97 bits per heavy atom. The molecule has 4 aromatic heterocycles. The summed E-state index contributed by atoms with van der Waals surface area (Å²) in [7, 11) is 0. The quantitative estimate of drug-likeness (QED) is 0.424. The Morgan fingerprint density at radius 1 is 1.13 bits per heavy atom. The second-order valence-corrected chi connectivity index (χ2v) is 7.31. The third-order valence-electron chi connectivity index (χ3n) is 4.26. The molecule has 1 aromatic carbocycles. The second kappa shape index (κ2) is 7.22. The predicted octanol–water partition coefficient (Wildman–Crippen LogP) is 2.47. The van der Waals surface area contributed by atoms with Gasteiger partial charge in [-0.25, -0.2) is 18.4 Å². The molecule has 12 heteroatoms. The molecule has 0 saturated heterocycles. The Hall–Kier alpha value is -3.80. The molecule has 0 spiro atoms. The standard InChI is InChI=1S/C18H11F2N7O2S/c19-11-4-10(5-12(20)6-11)7-27-17-15(23-25-27)18(28)26(9-21-17)8-14-22-16(24-29-14)13-2-1-3-30-13/h1-6,9H,7-8H2. The van der Waals surface area contributed by atoms with Crippen molar-refractivity contribution in [2.24, 2.45) is 0 Å². The van der Waals surface area contributed by atoms with Gasteiger partial charge in [-0.15, -0.1) is 16.4 Å². The zero-order valence-corrected chi connectivity index (χ0v) is 15.9. The molecule has 0 atom stereocenters. The minimum atomic E-state index is -0.703. The van der Waals surface area contributed by atoms with Gasteiger partial charge >= 0.3 is 0 Å². The first-order valence-corrected chi connectivity index (χ1v) is 9.55. The Balaban J connectivity index is 1.43. The molecule has 0 radical (unpaired) electrons. The molecule has 5 aromatic rings. The Kier molecular flexibility index (Phi) is 4.39. The number of hydrogen-bond donors (Lipinski definition) is 0. The lowest BCUT2D eigenvalue weighted by Crippen LogP contribution is -2.21. The van der Waals surface area contributed by atoms with E-state index in [-0.39, 0.29) is 30.1 Å². The maximum atomic E-state index is 13.4. The van der Waals surface area contributed by atoms with Crippen LogP contribution in [0.2, 0.25) is 0 Å². The van der Waals surface area contributed by atoms with E-state index in [2.05, 4.69) is 25.4 Å². The van der Waals surface area contributed by atoms with Crippen molar-refractivity contribution in [1.29, 1.82) is 0 Å². The summed E-state index contributed by atoms with van der Waals surface area (Å²) in [5.74, 6) is -0.725. The molecule has 0 bridgehead atoms. The van der Waals surface area contributed by atoms with Gasteiger partial charge < -0.3 is 4.52 Å². The number of rotatable bonds is 5. The summed E-state index contributed by atoms with van der Waals surface area (Å²) in [6.45, 7) is 0.0254. The van der Waals surface area contributed by atoms with E-state index in [9.17, 15) is 13.6 Å². The summed E-state index contributed by atoms with van der Waals surface area (Å²) in [6, 6.07) is 6.88. The lowest BCUT2D eigenvalue weighted by Gasteiger charge is -2.04. The van der Waals surface area contributed by atoms with Crippen molar-refractivity contribution in [2.45, 2.75) is 13.1 Å². The van der Waals surface area contributed by atoms with Crippen LogP contribution in [-0.4, -0.2) is 34.7 Å². The maximum Gasteiger partial charge on any atom is 0.283 e. The molecule has 0 aliphatic rings. The highest BCUT2D eigenvalue weighted by Crippen LogP contribution is 2.21. The van der Waals surface area contributed by atoms with Crippen LogP contribution in [-0.2, 0) is 13.1 Å². The lowest BCUT2D eigenvalue weighted by molar-refractivity contribution is 0.369. The number of thiophene rings is 1. The Labute approximate surface area is 170 Å². The van der Waals surface area contributed by atoms with Gasteiger partial charge in [-0.05, 0) is 29.1 Å². The summed E-state index contributed by atoms with van der Waals surface area (Å²) in [5, 5.41) is 13.6. The van der Waals surface area contributed by atoms with Gasteiger partial charge in [0.15, 0.2) is 11.2 Å². The molecule has 0 aliphatic carbocycles. The van der Waals surface area contributed by atoms with Crippen LogP contribution in [0.5, 0.6) is 0 Å². The monoisotopic (exact) mass is 427 g/mol. The Morgan fingerprint density at radius 3 is 2.73 bits per heavy atom. The van der Waals surface area contributed by atoms with E-state index in [0.717, 1.165) is 10.9 Å². The van der Waals surface area contributed by atoms with E-state index in [4.69, 9.17) is 4.52 Å². The molecule has 0 N–H and O–H groups in total.